The number of benzene rings is 2. The Kier molecular flexibility index (Phi) is 5.11. The fraction of sp³-hybridized carbons (Fsp3) is 0.185. The number of anilines is 2. The number of piperidine rings is 1. The van der Waals surface area contributed by atoms with E-state index in [0.29, 0.717) is 5.69 Å². The molecule has 10 heteroatoms. The lowest BCUT2D eigenvalue weighted by Crippen LogP contribution is -2.54. The number of pyridine rings is 1. The molecule has 4 heterocycles. The number of hydrogen-bond donors (Lipinski definition) is 2. The number of carbonyl (C=O) groups excluding carboxylic acids is 4. The number of rotatable bonds is 4. The summed E-state index contributed by atoms with van der Waals surface area (Å²) in [7, 11) is 1.85. The molecule has 2 aromatic carbocycles. The van der Waals surface area contributed by atoms with Gasteiger partial charge in [-0.3, -0.25) is 39.1 Å². The molecule has 4 amide bonds. The van der Waals surface area contributed by atoms with E-state index in [1.165, 1.54) is 0 Å². The number of carbonyl (C=O) groups is 4. The number of fused-ring (bicyclic) bond motifs is 2. The molecule has 184 valence electrons. The fourth-order valence-corrected chi connectivity index (χ4v) is 5.02. The van der Waals surface area contributed by atoms with Crippen LogP contribution in [0.3, 0.4) is 0 Å². The highest BCUT2D eigenvalue weighted by molar-refractivity contribution is 6.25. The Morgan fingerprint density at radius 2 is 1.84 bits per heavy atom. The number of aryl methyl sites for hydroxylation is 2. The molecule has 2 aliphatic rings. The van der Waals surface area contributed by atoms with Crippen LogP contribution in [0.5, 0.6) is 0 Å². The number of amides is 4. The Labute approximate surface area is 211 Å². The lowest BCUT2D eigenvalue weighted by molar-refractivity contribution is -0.136. The van der Waals surface area contributed by atoms with Crippen molar-refractivity contribution in [3.05, 3.63) is 71.7 Å². The van der Waals surface area contributed by atoms with E-state index in [1.807, 2.05) is 38.2 Å². The molecular weight excluding hydrogens is 472 g/mol. The van der Waals surface area contributed by atoms with Crippen LogP contribution >= 0.6 is 0 Å². The van der Waals surface area contributed by atoms with E-state index in [1.54, 1.807) is 35.3 Å². The predicted molar refractivity (Wildman–Crippen MR) is 135 cm³/mol. The molecule has 4 aromatic rings. The summed E-state index contributed by atoms with van der Waals surface area (Å²) in [5.41, 5.74) is 5.12. The third-order valence-corrected chi connectivity index (χ3v) is 6.83. The summed E-state index contributed by atoms with van der Waals surface area (Å²) in [5.74, 6) is -2.17. The van der Waals surface area contributed by atoms with Gasteiger partial charge >= 0.3 is 0 Å². The summed E-state index contributed by atoms with van der Waals surface area (Å²) < 4.78 is 1.76. The van der Waals surface area contributed by atoms with Gasteiger partial charge in [-0.1, -0.05) is 6.07 Å². The molecule has 1 atom stereocenters. The molecule has 0 bridgehead atoms. The predicted octanol–water partition coefficient (Wildman–Crippen LogP) is 3.09. The zero-order valence-corrected chi connectivity index (χ0v) is 20.1. The molecule has 10 nitrogen and oxygen atoms in total. The van der Waals surface area contributed by atoms with Crippen LogP contribution in [0.15, 0.2) is 54.9 Å². The standard InChI is InChI=1S/C27H22N6O4/c1-14-10-15(8-9-28-14)18-11-16-13-29-32(2)22(16)12-20(18)30-19-5-3-4-17-24(19)27(37)33(26(17)36)21-6-7-23(34)31-25(21)35/h3-5,8-13,21,30H,6-7H2,1-2H3,(H,31,34,35). The van der Waals surface area contributed by atoms with Crippen LogP contribution in [-0.4, -0.2) is 49.3 Å². The highest BCUT2D eigenvalue weighted by Crippen LogP contribution is 2.38. The second-order valence-electron chi connectivity index (χ2n) is 9.21. The second kappa shape index (κ2) is 8.37. The van der Waals surface area contributed by atoms with Crippen molar-refractivity contribution in [3.8, 4) is 11.1 Å². The normalized spacial score (nSPS) is 17.4. The second-order valence-corrected chi connectivity index (χ2v) is 9.21. The number of hydrogen-bond acceptors (Lipinski definition) is 7. The minimum absolute atomic E-state index is 0.0638. The first kappa shape index (κ1) is 22.6. The topological polar surface area (TPSA) is 126 Å². The first-order valence-electron chi connectivity index (χ1n) is 11.8. The lowest BCUT2D eigenvalue weighted by Gasteiger charge is -2.27. The van der Waals surface area contributed by atoms with Crippen LogP contribution in [0, 0.1) is 6.92 Å². The minimum atomic E-state index is -1.03. The molecule has 1 saturated heterocycles. The van der Waals surface area contributed by atoms with E-state index in [0.717, 1.165) is 38.3 Å². The average Bonchev–Trinajstić information content (AvgIpc) is 3.36. The van der Waals surface area contributed by atoms with E-state index in [9.17, 15) is 19.2 Å². The van der Waals surface area contributed by atoms with Crippen LogP contribution in [0.1, 0.15) is 39.3 Å². The number of aromatic nitrogens is 3. The van der Waals surface area contributed by atoms with Crippen molar-refractivity contribution < 1.29 is 19.2 Å². The molecule has 2 aromatic heterocycles. The molecule has 0 radical (unpaired) electrons. The highest BCUT2D eigenvalue weighted by Gasteiger charge is 2.45. The molecule has 0 spiro atoms. The van der Waals surface area contributed by atoms with E-state index >= 15 is 0 Å². The Hall–Kier alpha value is -4.86. The summed E-state index contributed by atoms with van der Waals surface area (Å²) in [4.78, 5) is 56.1. The first-order valence-corrected chi connectivity index (χ1v) is 11.8. The van der Waals surface area contributed by atoms with Gasteiger partial charge in [0.05, 0.1) is 28.5 Å². The van der Waals surface area contributed by atoms with Crippen LogP contribution < -0.4 is 10.6 Å². The van der Waals surface area contributed by atoms with Gasteiger partial charge in [0.1, 0.15) is 6.04 Å². The Bertz CT molecular complexity index is 1660. The maximum atomic E-state index is 13.5. The number of nitrogens with one attached hydrogen (secondary N) is 2. The number of imide groups is 2. The summed E-state index contributed by atoms with van der Waals surface area (Å²) >= 11 is 0. The number of nitrogens with zero attached hydrogens (tertiary/aromatic N) is 4. The van der Waals surface area contributed by atoms with Crippen LogP contribution in [0.2, 0.25) is 0 Å². The van der Waals surface area contributed by atoms with Gasteiger partial charge < -0.3 is 5.32 Å². The first-order chi connectivity index (χ1) is 17.8. The molecule has 37 heavy (non-hydrogen) atoms. The molecule has 6 rings (SSSR count). The highest BCUT2D eigenvalue weighted by atomic mass is 16.2. The Morgan fingerprint density at radius 1 is 1.00 bits per heavy atom. The van der Waals surface area contributed by atoms with Gasteiger partial charge in [0.15, 0.2) is 0 Å². The van der Waals surface area contributed by atoms with Crippen molar-refractivity contribution in [1.82, 2.24) is 25.0 Å². The summed E-state index contributed by atoms with van der Waals surface area (Å²) in [6, 6.07) is 11.8. The molecule has 0 aliphatic carbocycles. The molecule has 2 aliphatic heterocycles. The van der Waals surface area contributed by atoms with Crippen molar-refractivity contribution >= 4 is 45.9 Å². The fourth-order valence-electron chi connectivity index (χ4n) is 5.02. The maximum Gasteiger partial charge on any atom is 0.264 e. The minimum Gasteiger partial charge on any atom is -0.354 e. The van der Waals surface area contributed by atoms with E-state index in [4.69, 9.17) is 0 Å². The van der Waals surface area contributed by atoms with Gasteiger partial charge in [-0.25, -0.2) is 0 Å². The van der Waals surface area contributed by atoms with E-state index in [2.05, 4.69) is 20.7 Å². The summed E-state index contributed by atoms with van der Waals surface area (Å²) in [5, 5.41) is 10.9. The zero-order chi connectivity index (χ0) is 25.8. The SMILES string of the molecule is Cc1cc(-c2cc3cnn(C)c3cc2Nc2cccc3c2C(=O)N(C2CCC(=O)NC2=O)C3=O)ccn1. The average molecular weight is 495 g/mol. The van der Waals surface area contributed by atoms with Crippen LogP contribution in [-0.2, 0) is 16.6 Å². The molecule has 2 N–H and O–H groups in total. The summed E-state index contributed by atoms with van der Waals surface area (Å²) in [6.45, 7) is 1.91. The molecule has 1 fully saturated rings. The zero-order valence-electron chi connectivity index (χ0n) is 20.1. The van der Waals surface area contributed by atoms with Crippen molar-refractivity contribution in [2.24, 2.45) is 7.05 Å². The van der Waals surface area contributed by atoms with Crippen molar-refractivity contribution in [2.45, 2.75) is 25.8 Å². The lowest BCUT2D eigenvalue weighted by atomic mass is 10.0. The largest absolute Gasteiger partial charge is 0.354 e. The molecular formula is C27H22N6O4. The molecule has 0 saturated carbocycles. The van der Waals surface area contributed by atoms with Crippen molar-refractivity contribution in [2.75, 3.05) is 5.32 Å². The van der Waals surface area contributed by atoms with Crippen LogP contribution in [0.4, 0.5) is 11.4 Å². The van der Waals surface area contributed by atoms with Gasteiger partial charge in [0.2, 0.25) is 11.8 Å². The van der Waals surface area contributed by atoms with E-state index < -0.39 is 29.7 Å². The van der Waals surface area contributed by atoms with Gasteiger partial charge in [-0.2, -0.15) is 5.10 Å². The quantitative estimate of drug-likeness (QED) is 0.418. The van der Waals surface area contributed by atoms with Crippen LogP contribution in [0.25, 0.3) is 22.0 Å². The van der Waals surface area contributed by atoms with Gasteiger partial charge in [-0.05, 0) is 55.3 Å². The van der Waals surface area contributed by atoms with Gasteiger partial charge in [-0.15, -0.1) is 0 Å². The van der Waals surface area contributed by atoms with E-state index in [-0.39, 0.29) is 24.0 Å². The smallest absolute Gasteiger partial charge is 0.264 e. The maximum absolute atomic E-state index is 13.5. The van der Waals surface area contributed by atoms with Crippen molar-refractivity contribution in [3.63, 3.8) is 0 Å². The third kappa shape index (κ3) is 3.65. The van der Waals surface area contributed by atoms with Gasteiger partial charge in [0.25, 0.3) is 11.8 Å². The molecule has 1 unspecified atom stereocenters. The van der Waals surface area contributed by atoms with Crippen molar-refractivity contribution in [1.29, 1.82) is 0 Å². The monoisotopic (exact) mass is 494 g/mol. The van der Waals surface area contributed by atoms with Gasteiger partial charge in [0, 0.05) is 42.0 Å². The summed E-state index contributed by atoms with van der Waals surface area (Å²) in [6.07, 6.45) is 3.69. The Balaban J connectivity index is 1.44. The Morgan fingerprint density at radius 3 is 2.62 bits per heavy atom. The third-order valence-electron chi connectivity index (χ3n) is 6.83.